The first-order valence-corrected chi connectivity index (χ1v) is 8.21. The molecule has 138 valence electrons. The number of rotatable bonds is 7. The molecule has 0 saturated carbocycles. The van der Waals surface area contributed by atoms with Gasteiger partial charge in [-0.15, -0.1) is 0 Å². The number of hydrogen-bond donors (Lipinski definition) is 2. The Hall–Kier alpha value is -3.09. The van der Waals surface area contributed by atoms with Crippen molar-refractivity contribution >= 4 is 17.8 Å². The lowest BCUT2D eigenvalue weighted by molar-refractivity contribution is -0.124. The molecule has 2 N–H and O–H groups in total. The highest BCUT2D eigenvalue weighted by Crippen LogP contribution is 2.08. The van der Waals surface area contributed by atoms with Gasteiger partial charge < -0.3 is 19.8 Å². The number of carbonyl (C=O) groups excluding carboxylic acids is 3. The number of ether oxygens (including phenoxy) is 1. The van der Waals surface area contributed by atoms with Crippen LogP contribution >= 0.6 is 0 Å². The zero-order chi connectivity index (χ0) is 19.1. The molecule has 2 rings (SSSR count). The fourth-order valence-electron chi connectivity index (χ4n) is 2.33. The van der Waals surface area contributed by atoms with E-state index in [-0.39, 0.29) is 24.1 Å². The summed E-state index contributed by atoms with van der Waals surface area (Å²) in [6, 6.07) is 9.18. The fourth-order valence-corrected chi connectivity index (χ4v) is 2.33. The number of furan rings is 1. The van der Waals surface area contributed by atoms with E-state index in [4.69, 9.17) is 4.42 Å². The Balaban J connectivity index is 1.95. The first kappa shape index (κ1) is 19.2. The molecule has 1 atom stereocenters. The minimum absolute atomic E-state index is 0.101. The highest BCUT2D eigenvalue weighted by atomic mass is 16.5. The van der Waals surface area contributed by atoms with E-state index >= 15 is 0 Å². The number of carbonyl (C=O) groups is 3. The third kappa shape index (κ3) is 4.95. The van der Waals surface area contributed by atoms with Crippen LogP contribution in [-0.2, 0) is 16.1 Å². The van der Waals surface area contributed by atoms with Crippen LogP contribution in [0.3, 0.4) is 0 Å². The normalized spacial score (nSPS) is 11.7. The SMILES string of the molecule is COC(=O)c1ccc(CNC(=O)[C@H](NC(=O)c2ccco2)C(C)C)cc1. The van der Waals surface area contributed by atoms with Gasteiger partial charge in [-0.3, -0.25) is 9.59 Å². The number of amides is 2. The van der Waals surface area contributed by atoms with E-state index in [0.29, 0.717) is 5.56 Å². The van der Waals surface area contributed by atoms with E-state index in [1.165, 1.54) is 19.4 Å². The Morgan fingerprint density at radius 1 is 1.12 bits per heavy atom. The molecule has 0 aliphatic heterocycles. The average molecular weight is 358 g/mol. The van der Waals surface area contributed by atoms with Crippen LogP contribution in [0.2, 0.25) is 0 Å². The van der Waals surface area contributed by atoms with E-state index < -0.39 is 17.9 Å². The molecule has 0 unspecified atom stereocenters. The topological polar surface area (TPSA) is 97.6 Å². The van der Waals surface area contributed by atoms with Crippen molar-refractivity contribution in [1.29, 1.82) is 0 Å². The van der Waals surface area contributed by atoms with Gasteiger partial charge in [0.25, 0.3) is 5.91 Å². The molecule has 2 aromatic rings. The molecule has 0 fully saturated rings. The third-order valence-corrected chi connectivity index (χ3v) is 3.82. The molecular formula is C19H22N2O5. The Morgan fingerprint density at radius 3 is 2.35 bits per heavy atom. The van der Waals surface area contributed by atoms with Crippen molar-refractivity contribution in [2.75, 3.05) is 7.11 Å². The highest BCUT2D eigenvalue weighted by Gasteiger charge is 2.25. The molecule has 7 nitrogen and oxygen atoms in total. The average Bonchev–Trinajstić information content (AvgIpc) is 3.18. The van der Waals surface area contributed by atoms with Gasteiger partial charge in [-0.1, -0.05) is 26.0 Å². The summed E-state index contributed by atoms with van der Waals surface area (Å²) in [5.41, 5.74) is 1.26. The number of nitrogens with one attached hydrogen (secondary N) is 2. The lowest BCUT2D eigenvalue weighted by atomic mass is 10.0. The predicted octanol–water partition coefficient (Wildman–Crippen LogP) is 2.14. The van der Waals surface area contributed by atoms with Crippen molar-refractivity contribution in [3.63, 3.8) is 0 Å². The van der Waals surface area contributed by atoms with Crippen molar-refractivity contribution in [2.45, 2.75) is 26.4 Å². The standard InChI is InChI=1S/C19H22N2O5/c1-12(2)16(21-17(22)15-5-4-10-26-15)18(23)20-11-13-6-8-14(9-7-13)19(24)25-3/h4-10,12,16H,11H2,1-3H3,(H,20,23)(H,21,22)/t16-/m1/s1. The van der Waals surface area contributed by atoms with Crippen molar-refractivity contribution in [3.05, 3.63) is 59.5 Å². The minimum Gasteiger partial charge on any atom is -0.465 e. The molecule has 0 radical (unpaired) electrons. The summed E-state index contributed by atoms with van der Waals surface area (Å²) < 4.78 is 9.69. The summed E-state index contributed by atoms with van der Waals surface area (Å²) in [7, 11) is 1.32. The largest absolute Gasteiger partial charge is 0.465 e. The van der Waals surface area contributed by atoms with E-state index in [1.807, 2.05) is 13.8 Å². The maximum atomic E-state index is 12.5. The molecule has 2 amide bonds. The summed E-state index contributed by atoms with van der Waals surface area (Å²) in [6.07, 6.45) is 1.40. The zero-order valence-corrected chi connectivity index (χ0v) is 14.9. The van der Waals surface area contributed by atoms with Crippen LogP contribution in [0.1, 0.15) is 40.3 Å². The summed E-state index contributed by atoms with van der Waals surface area (Å²) in [5.74, 6) is -1.10. The summed E-state index contributed by atoms with van der Waals surface area (Å²) >= 11 is 0. The minimum atomic E-state index is -0.693. The van der Waals surface area contributed by atoms with Crippen LogP contribution < -0.4 is 10.6 Å². The monoisotopic (exact) mass is 358 g/mol. The van der Waals surface area contributed by atoms with Gasteiger partial charge in [0, 0.05) is 6.54 Å². The molecule has 0 aliphatic carbocycles. The molecule has 26 heavy (non-hydrogen) atoms. The number of esters is 1. The quantitative estimate of drug-likeness (QED) is 0.739. The second-order valence-electron chi connectivity index (χ2n) is 6.08. The zero-order valence-electron chi connectivity index (χ0n) is 14.9. The van der Waals surface area contributed by atoms with Crippen LogP contribution in [0, 0.1) is 5.92 Å². The molecule has 0 saturated heterocycles. The maximum Gasteiger partial charge on any atom is 0.337 e. The van der Waals surface area contributed by atoms with E-state index in [2.05, 4.69) is 15.4 Å². The van der Waals surface area contributed by atoms with Gasteiger partial charge in [0.05, 0.1) is 18.9 Å². The lowest BCUT2D eigenvalue weighted by Crippen LogP contribution is -2.49. The fraction of sp³-hybridized carbons (Fsp3) is 0.316. The van der Waals surface area contributed by atoms with Crippen LogP contribution in [-0.4, -0.2) is 30.9 Å². The van der Waals surface area contributed by atoms with Gasteiger partial charge in [-0.25, -0.2) is 4.79 Å². The second kappa shape index (κ2) is 8.84. The van der Waals surface area contributed by atoms with Crippen LogP contribution in [0.25, 0.3) is 0 Å². The molecule has 0 spiro atoms. The molecule has 7 heteroatoms. The number of methoxy groups -OCH3 is 1. The van der Waals surface area contributed by atoms with E-state index in [9.17, 15) is 14.4 Å². The summed E-state index contributed by atoms with van der Waals surface area (Å²) in [4.78, 5) is 36.0. The van der Waals surface area contributed by atoms with Gasteiger partial charge in [0.15, 0.2) is 5.76 Å². The van der Waals surface area contributed by atoms with Gasteiger partial charge >= 0.3 is 5.97 Å². The van der Waals surface area contributed by atoms with Gasteiger partial charge in [0.1, 0.15) is 6.04 Å². The number of benzene rings is 1. The molecule has 0 aliphatic rings. The van der Waals surface area contributed by atoms with Crippen molar-refractivity contribution in [1.82, 2.24) is 10.6 Å². The van der Waals surface area contributed by atoms with Crippen molar-refractivity contribution in [3.8, 4) is 0 Å². The lowest BCUT2D eigenvalue weighted by Gasteiger charge is -2.21. The first-order valence-electron chi connectivity index (χ1n) is 8.21. The summed E-state index contributed by atoms with van der Waals surface area (Å²) in [5, 5.41) is 5.47. The first-order chi connectivity index (χ1) is 12.4. The van der Waals surface area contributed by atoms with Gasteiger partial charge in [-0.05, 0) is 35.7 Å². The van der Waals surface area contributed by atoms with Crippen LogP contribution in [0.15, 0.2) is 47.1 Å². The van der Waals surface area contributed by atoms with E-state index in [0.717, 1.165) is 5.56 Å². The van der Waals surface area contributed by atoms with Gasteiger partial charge in [0.2, 0.25) is 5.91 Å². The Morgan fingerprint density at radius 2 is 1.81 bits per heavy atom. The van der Waals surface area contributed by atoms with E-state index in [1.54, 1.807) is 30.3 Å². The molecule has 0 bridgehead atoms. The maximum absolute atomic E-state index is 12.5. The summed E-state index contributed by atoms with van der Waals surface area (Å²) in [6.45, 7) is 3.97. The molecule has 1 aromatic heterocycles. The Labute approximate surface area is 151 Å². The molecular weight excluding hydrogens is 336 g/mol. The molecule has 1 aromatic carbocycles. The van der Waals surface area contributed by atoms with Gasteiger partial charge in [-0.2, -0.15) is 0 Å². The smallest absolute Gasteiger partial charge is 0.337 e. The number of hydrogen-bond acceptors (Lipinski definition) is 5. The van der Waals surface area contributed by atoms with Crippen LogP contribution in [0.4, 0.5) is 0 Å². The highest BCUT2D eigenvalue weighted by molar-refractivity contribution is 5.95. The van der Waals surface area contributed by atoms with Crippen LogP contribution in [0.5, 0.6) is 0 Å². The molecule has 1 heterocycles. The Kier molecular flexibility index (Phi) is 6.54. The van der Waals surface area contributed by atoms with Crippen molar-refractivity contribution < 1.29 is 23.5 Å². The third-order valence-electron chi connectivity index (χ3n) is 3.82. The second-order valence-corrected chi connectivity index (χ2v) is 6.08. The Bertz CT molecular complexity index is 751. The van der Waals surface area contributed by atoms with Crippen molar-refractivity contribution in [2.24, 2.45) is 5.92 Å². The predicted molar refractivity (Wildman–Crippen MR) is 94.4 cm³/mol.